The molecule has 0 saturated heterocycles. The monoisotopic (exact) mass is 354 g/mol. The molecule has 1 amide bonds. The number of amides is 1. The zero-order valence-electron chi connectivity index (χ0n) is 14.3. The van der Waals surface area contributed by atoms with Crippen LogP contribution in [0.15, 0.2) is 48.5 Å². The maximum absolute atomic E-state index is 12.6. The second kappa shape index (κ2) is 7.35. The molecule has 0 unspecified atom stereocenters. The lowest BCUT2D eigenvalue weighted by molar-refractivity contribution is -0.384. The number of rotatable bonds is 4. The van der Waals surface area contributed by atoms with Gasteiger partial charge in [-0.05, 0) is 30.5 Å². The molecule has 1 aliphatic rings. The molecular weight excluding hydrogens is 336 g/mol. The summed E-state index contributed by atoms with van der Waals surface area (Å²) < 4.78 is 5.22. The number of fused-ring (bicyclic) bond motifs is 1. The van der Waals surface area contributed by atoms with E-state index in [2.05, 4.69) is 0 Å². The number of ether oxygens (including phenoxy) is 1. The highest BCUT2D eigenvalue weighted by atomic mass is 16.6. The normalized spacial score (nSPS) is 14.3. The lowest BCUT2D eigenvalue weighted by Crippen LogP contribution is -2.42. The molecule has 2 aromatic rings. The Labute approximate surface area is 150 Å². The molecule has 26 heavy (non-hydrogen) atoms. The Bertz CT molecular complexity index is 865. The summed E-state index contributed by atoms with van der Waals surface area (Å²) in [5.41, 5.74) is 2.15. The van der Waals surface area contributed by atoms with Gasteiger partial charge in [0.05, 0.1) is 10.5 Å². The predicted octanol–water partition coefficient (Wildman–Crippen LogP) is 2.73. The Hall–Kier alpha value is -3.22. The van der Waals surface area contributed by atoms with E-state index < -0.39 is 17.0 Å². The Morgan fingerprint density at radius 2 is 1.88 bits per heavy atom. The minimum Gasteiger partial charge on any atom is -0.449 e. The molecule has 0 N–H and O–H groups in total. The van der Waals surface area contributed by atoms with Crippen molar-refractivity contribution in [2.24, 2.45) is 0 Å². The van der Waals surface area contributed by atoms with Gasteiger partial charge in [-0.1, -0.05) is 30.3 Å². The number of nitro groups is 1. The molecule has 0 aliphatic carbocycles. The van der Waals surface area contributed by atoms with Crippen molar-refractivity contribution in [2.75, 3.05) is 6.54 Å². The van der Waals surface area contributed by atoms with Crippen molar-refractivity contribution < 1.29 is 19.2 Å². The molecule has 0 saturated carbocycles. The van der Waals surface area contributed by atoms with Gasteiger partial charge < -0.3 is 9.64 Å². The number of benzene rings is 2. The van der Waals surface area contributed by atoms with Crippen molar-refractivity contribution in [3.63, 3.8) is 0 Å². The average molecular weight is 354 g/mol. The maximum Gasteiger partial charge on any atom is 0.339 e. The first-order valence-electron chi connectivity index (χ1n) is 8.26. The first kappa shape index (κ1) is 17.6. The van der Waals surface area contributed by atoms with E-state index in [1.807, 2.05) is 24.3 Å². The standard InChI is InChI=1S/C19H18N2O5/c1-13(26-19(23)15-7-4-8-17(11-15)21(24)25)18(22)20-10-9-14-5-2-3-6-16(14)12-20/h2-8,11,13H,9-10,12H2,1H3/t13-/m0/s1. The van der Waals surface area contributed by atoms with Gasteiger partial charge in [0.15, 0.2) is 6.10 Å². The fourth-order valence-electron chi connectivity index (χ4n) is 2.97. The van der Waals surface area contributed by atoms with E-state index >= 15 is 0 Å². The molecule has 3 rings (SSSR count). The number of hydrogen-bond acceptors (Lipinski definition) is 5. The van der Waals surface area contributed by atoms with E-state index in [1.54, 1.807) is 4.90 Å². The van der Waals surface area contributed by atoms with Gasteiger partial charge in [-0.15, -0.1) is 0 Å². The van der Waals surface area contributed by atoms with Crippen molar-refractivity contribution >= 4 is 17.6 Å². The quantitative estimate of drug-likeness (QED) is 0.478. The third-order valence-corrected chi connectivity index (χ3v) is 4.37. The van der Waals surface area contributed by atoms with Crippen molar-refractivity contribution in [1.29, 1.82) is 0 Å². The van der Waals surface area contributed by atoms with Crippen LogP contribution in [0.1, 0.15) is 28.4 Å². The highest BCUT2D eigenvalue weighted by molar-refractivity contribution is 5.92. The molecule has 0 fully saturated rings. The molecule has 2 aromatic carbocycles. The van der Waals surface area contributed by atoms with Gasteiger partial charge in [0.25, 0.3) is 11.6 Å². The average Bonchev–Trinajstić information content (AvgIpc) is 2.67. The molecule has 7 nitrogen and oxygen atoms in total. The fraction of sp³-hybridized carbons (Fsp3) is 0.263. The van der Waals surface area contributed by atoms with Crippen LogP contribution in [0.5, 0.6) is 0 Å². The van der Waals surface area contributed by atoms with E-state index in [4.69, 9.17) is 4.74 Å². The summed E-state index contributed by atoms with van der Waals surface area (Å²) in [6.45, 7) is 2.56. The van der Waals surface area contributed by atoms with Crippen LogP contribution in [0.4, 0.5) is 5.69 Å². The van der Waals surface area contributed by atoms with Gasteiger partial charge in [0.2, 0.25) is 0 Å². The lowest BCUT2D eigenvalue weighted by atomic mass is 9.99. The summed E-state index contributed by atoms with van der Waals surface area (Å²) >= 11 is 0. The molecule has 134 valence electrons. The topological polar surface area (TPSA) is 89.7 Å². The van der Waals surface area contributed by atoms with Crippen LogP contribution in [0.25, 0.3) is 0 Å². The molecule has 0 spiro atoms. The molecule has 1 aliphatic heterocycles. The zero-order valence-corrected chi connectivity index (χ0v) is 14.3. The van der Waals surface area contributed by atoms with Gasteiger partial charge >= 0.3 is 5.97 Å². The molecule has 7 heteroatoms. The molecule has 1 atom stereocenters. The van der Waals surface area contributed by atoms with E-state index in [1.165, 1.54) is 30.7 Å². The van der Waals surface area contributed by atoms with Crippen molar-refractivity contribution in [3.8, 4) is 0 Å². The van der Waals surface area contributed by atoms with Gasteiger partial charge in [0.1, 0.15) is 0 Å². The van der Waals surface area contributed by atoms with Crippen LogP contribution in [0.2, 0.25) is 0 Å². The maximum atomic E-state index is 12.6. The number of carbonyl (C=O) groups is 2. The van der Waals surface area contributed by atoms with Crippen LogP contribution < -0.4 is 0 Å². The fourth-order valence-corrected chi connectivity index (χ4v) is 2.97. The van der Waals surface area contributed by atoms with Crippen molar-refractivity contribution in [1.82, 2.24) is 4.90 Å². The van der Waals surface area contributed by atoms with Gasteiger partial charge in [-0.3, -0.25) is 14.9 Å². The number of nitrogens with zero attached hydrogens (tertiary/aromatic N) is 2. The third-order valence-electron chi connectivity index (χ3n) is 4.37. The minimum atomic E-state index is -0.966. The summed E-state index contributed by atoms with van der Waals surface area (Å²) in [4.78, 5) is 36.7. The van der Waals surface area contributed by atoms with E-state index in [9.17, 15) is 19.7 Å². The highest BCUT2D eigenvalue weighted by Crippen LogP contribution is 2.20. The SMILES string of the molecule is C[C@H](OC(=O)c1cccc([N+](=O)[O-])c1)C(=O)N1CCc2ccccc2C1. The second-order valence-corrected chi connectivity index (χ2v) is 6.13. The van der Waals surface area contributed by atoms with Gasteiger partial charge in [-0.2, -0.15) is 0 Å². The molecular formula is C19H18N2O5. The zero-order chi connectivity index (χ0) is 18.7. The van der Waals surface area contributed by atoms with Crippen LogP contribution in [-0.4, -0.2) is 34.3 Å². The van der Waals surface area contributed by atoms with Gasteiger partial charge in [-0.25, -0.2) is 4.79 Å². The van der Waals surface area contributed by atoms with E-state index in [0.29, 0.717) is 13.1 Å². The number of carbonyl (C=O) groups excluding carboxylic acids is 2. The molecule has 1 heterocycles. The lowest BCUT2D eigenvalue weighted by Gasteiger charge is -2.30. The van der Waals surface area contributed by atoms with Crippen molar-refractivity contribution in [2.45, 2.75) is 26.0 Å². The number of hydrogen-bond donors (Lipinski definition) is 0. The van der Waals surface area contributed by atoms with Gasteiger partial charge in [0, 0.05) is 25.2 Å². The Morgan fingerprint density at radius 1 is 1.15 bits per heavy atom. The first-order chi connectivity index (χ1) is 12.5. The molecule has 0 aromatic heterocycles. The summed E-state index contributed by atoms with van der Waals surface area (Å²) in [6.07, 6.45) is -0.208. The van der Waals surface area contributed by atoms with Crippen LogP contribution in [-0.2, 0) is 22.5 Å². The minimum absolute atomic E-state index is 0.0443. The van der Waals surface area contributed by atoms with E-state index in [-0.39, 0.29) is 17.2 Å². The largest absolute Gasteiger partial charge is 0.449 e. The predicted molar refractivity (Wildman–Crippen MR) is 93.5 cm³/mol. The summed E-state index contributed by atoms with van der Waals surface area (Å²) in [5.74, 6) is -1.04. The smallest absolute Gasteiger partial charge is 0.339 e. The molecule has 0 bridgehead atoms. The summed E-state index contributed by atoms with van der Waals surface area (Å²) in [6, 6.07) is 13.2. The van der Waals surface area contributed by atoms with Crippen molar-refractivity contribution in [3.05, 3.63) is 75.3 Å². The Morgan fingerprint density at radius 3 is 2.62 bits per heavy atom. The summed E-state index contributed by atoms with van der Waals surface area (Å²) in [7, 11) is 0. The highest BCUT2D eigenvalue weighted by Gasteiger charge is 2.27. The number of nitro benzene ring substituents is 1. The Kier molecular flexibility index (Phi) is 4.97. The van der Waals surface area contributed by atoms with E-state index in [0.717, 1.165) is 18.1 Å². The second-order valence-electron chi connectivity index (χ2n) is 6.13. The molecule has 0 radical (unpaired) electrons. The third kappa shape index (κ3) is 3.72. The first-order valence-corrected chi connectivity index (χ1v) is 8.26. The Balaban J connectivity index is 1.65. The van der Waals surface area contributed by atoms with Crippen LogP contribution in [0, 0.1) is 10.1 Å². The summed E-state index contributed by atoms with van der Waals surface area (Å²) in [5, 5.41) is 10.8. The number of esters is 1. The van der Waals surface area contributed by atoms with Crippen LogP contribution >= 0.6 is 0 Å². The number of non-ortho nitro benzene ring substituents is 1. The van der Waals surface area contributed by atoms with Crippen LogP contribution in [0.3, 0.4) is 0 Å².